The minimum atomic E-state index is 0.119. The maximum atomic E-state index is 6.13. The second-order valence-corrected chi connectivity index (χ2v) is 5.24. The topological polar surface area (TPSA) is 66.6 Å². The van der Waals surface area contributed by atoms with Gasteiger partial charge in [0.05, 0.1) is 19.2 Å². The highest BCUT2D eigenvalue weighted by molar-refractivity contribution is 6.33. The molecule has 7 heteroatoms. The average molecular weight is 347 g/mol. The SMILES string of the molecule is COc1cc(OC)cc(OCc2nc(-c3ccccc3Cl)no2)c1. The molecular weight excluding hydrogens is 332 g/mol. The van der Waals surface area contributed by atoms with Crippen LogP contribution in [0.5, 0.6) is 17.2 Å². The predicted octanol–water partition coefficient (Wildman–Crippen LogP) is 3.99. The molecule has 0 aliphatic carbocycles. The summed E-state index contributed by atoms with van der Waals surface area (Å²) >= 11 is 6.13. The van der Waals surface area contributed by atoms with E-state index in [2.05, 4.69) is 10.1 Å². The van der Waals surface area contributed by atoms with Crippen LogP contribution in [-0.4, -0.2) is 24.4 Å². The molecule has 0 N–H and O–H groups in total. The lowest BCUT2D eigenvalue weighted by Crippen LogP contribution is -1.97. The summed E-state index contributed by atoms with van der Waals surface area (Å²) < 4.78 is 21.3. The number of nitrogens with zero attached hydrogens (tertiary/aromatic N) is 2. The number of aromatic nitrogens is 2. The number of benzene rings is 2. The number of rotatable bonds is 6. The molecule has 0 unspecified atom stereocenters. The van der Waals surface area contributed by atoms with Crippen molar-refractivity contribution in [1.82, 2.24) is 10.1 Å². The second-order valence-electron chi connectivity index (χ2n) is 4.83. The lowest BCUT2D eigenvalue weighted by Gasteiger charge is -2.08. The molecule has 2 aromatic carbocycles. The van der Waals surface area contributed by atoms with Gasteiger partial charge >= 0.3 is 0 Å². The molecule has 1 heterocycles. The molecule has 0 saturated carbocycles. The molecule has 0 amide bonds. The Morgan fingerprint density at radius 2 is 1.67 bits per heavy atom. The molecule has 0 bridgehead atoms. The van der Waals surface area contributed by atoms with Crippen LogP contribution < -0.4 is 14.2 Å². The summed E-state index contributed by atoms with van der Waals surface area (Å²) in [6.07, 6.45) is 0. The van der Waals surface area contributed by atoms with E-state index in [9.17, 15) is 0 Å². The fourth-order valence-electron chi connectivity index (χ4n) is 2.08. The summed E-state index contributed by atoms with van der Waals surface area (Å²) in [6, 6.07) is 12.5. The highest BCUT2D eigenvalue weighted by Gasteiger charge is 2.12. The van der Waals surface area contributed by atoms with E-state index in [0.29, 0.717) is 39.5 Å². The normalized spacial score (nSPS) is 10.5. The van der Waals surface area contributed by atoms with E-state index in [4.69, 9.17) is 30.3 Å². The Hall–Kier alpha value is -2.73. The quantitative estimate of drug-likeness (QED) is 0.672. The fraction of sp³-hybridized carbons (Fsp3) is 0.176. The van der Waals surface area contributed by atoms with Gasteiger partial charge in [-0.3, -0.25) is 0 Å². The Morgan fingerprint density at radius 3 is 2.33 bits per heavy atom. The third-order valence-corrected chi connectivity index (χ3v) is 3.60. The predicted molar refractivity (Wildman–Crippen MR) is 88.6 cm³/mol. The van der Waals surface area contributed by atoms with Gasteiger partial charge in [-0.2, -0.15) is 4.98 Å². The summed E-state index contributed by atoms with van der Waals surface area (Å²) in [4.78, 5) is 4.29. The van der Waals surface area contributed by atoms with Crippen molar-refractivity contribution in [2.75, 3.05) is 14.2 Å². The molecule has 3 aromatic rings. The van der Waals surface area contributed by atoms with Gasteiger partial charge in [-0.15, -0.1) is 0 Å². The number of hydrogen-bond donors (Lipinski definition) is 0. The smallest absolute Gasteiger partial charge is 0.264 e. The Bertz CT molecular complexity index is 813. The van der Waals surface area contributed by atoms with Crippen LogP contribution in [0.25, 0.3) is 11.4 Å². The van der Waals surface area contributed by atoms with Gasteiger partial charge < -0.3 is 18.7 Å². The zero-order chi connectivity index (χ0) is 16.9. The minimum absolute atomic E-state index is 0.119. The first kappa shape index (κ1) is 16.1. The first-order valence-corrected chi connectivity index (χ1v) is 7.50. The number of ether oxygens (including phenoxy) is 3. The van der Waals surface area contributed by atoms with Crippen molar-refractivity contribution in [2.45, 2.75) is 6.61 Å². The maximum Gasteiger partial charge on any atom is 0.264 e. The van der Waals surface area contributed by atoms with Crippen molar-refractivity contribution in [2.24, 2.45) is 0 Å². The zero-order valence-corrected chi connectivity index (χ0v) is 13.9. The minimum Gasteiger partial charge on any atom is -0.496 e. The van der Waals surface area contributed by atoms with Gasteiger partial charge in [0, 0.05) is 23.8 Å². The fourth-order valence-corrected chi connectivity index (χ4v) is 2.30. The molecule has 6 nitrogen and oxygen atoms in total. The van der Waals surface area contributed by atoms with Crippen LogP contribution in [-0.2, 0) is 6.61 Å². The standard InChI is InChI=1S/C17H15ClN2O4/c1-21-11-7-12(22-2)9-13(8-11)23-10-16-19-17(20-24-16)14-5-3-4-6-15(14)18/h3-9H,10H2,1-2H3. The highest BCUT2D eigenvalue weighted by atomic mass is 35.5. The van der Waals surface area contributed by atoms with Crippen molar-refractivity contribution in [3.63, 3.8) is 0 Å². The van der Waals surface area contributed by atoms with E-state index in [1.165, 1.54) is 0 Å². The summed E-state index contributed by atoms with van der Waals surface area (Å²) in [5.41, 5.74) is 0.706. The summed E-state index contributed by atoms with van der Waals surface area (Å²) in [5, 5.41) is 4.49. The number of halogens is 1. The van der Waals surface area contributed by atoms with Gasteiger partial charge in [-0.1, -0.05) is 28.9 Å². The van der Waals surface area contributed by atoms with Crippen LogP contribution in [0, 0.1) is 0 Å². The van der Waals surface area contributed by atoms with Crippen molar-refractivity contribution < 1.29 is 18.7 Å². The van der Waals surface area contributed by atoms with Crippen LogP contribution in [0.4, 0.5) is 0 Å². The van der Waals surface area contributed by atoms with Crippen LogP contribution in [0.3, 0.4) is 0 Å². The number of methoxy groups -OCH3 is 2. The molecule has 0 saturated heterocycles. The molecule has 124 valence electrons. The first-order valence-electron chi connectivity index (χ1n) is 7.13. The molecule has 0 spiro atoms. The van der Waals surface area contributed by atoms with Crippen LogP contribution in [0.15, 0.2) is 47.0 Å². The van der Waals surface area contributed by atoms with Gasteiger partial charge in [-0.05, 0) is 12.1 Å². The molecule has 0 fully saturated rings. The van der Waals surface area contributed by atoms with Crippen molar-refractivity contribution in [3.05, 3.63) is 53.4 Å². The van der Waals surface area contributed by atoms with Gasteiger partial charge in [0.25, 0.3) is 5.89 Å². The van der Waals surface area contributed by atoms with Gasteiger partial charge in [0.1, 0.15) is 17.2 Å². The molecule has 24 heavy (non-hydrogen) atoms. The van der Waals surface area contributed by atoms with Gasteiger partial charge in [0.15, 0.2) is 6.61 Å². The van der Waals surface area contributed by atoms with Crippen LogP contribution >= 0.6 is 11.6 Å². The van der Waals surface area contributed by atoms with Gasteiger partial charge in [-0.25, -0.2) is 0 Å². The largest absolute Gasteiger partial charge is 0.496 e. The third kappa shape index (κ3) is 3.60. The van der Waals surface area contributed by atoms with E-state index >= 15 is 0 Å². The van der Waals surface area contributed by atoms with Gasteiger partial charge in [0.2, 0.25) is 5.82 Å². The Labute approximate surface area is 143 Å². The summed E-state index contributed by atoms with van der Waals surface area (Å²) in [5.74, 6) is 2.59. The maximum absolute atomic E-state index is 6.13. The van der Waals surface area contributed by atoms with E-state index in [1.807, 2.05) is 18.2 Å². The lowest BCUT2D eigenvalue weighted by molar-refractivity contribution is 0.241. The van der Waals surface area contributed by atoms with Crippen molar-refractivity contribution >= 4 is 11.6 Å². The first-order chi connectivity index (χ1) is 11.7. The van der Waals surface area contributed by atoms with Crippen molar-refractivity contribution in [1.29, 1.82) is 0 Å². The molecule has 0 aliphatic heterocycles. The van der Waals surface area contributed by atoms with Crippen LogP contribution in [0.1, 0.15) is 5.89 Å². The Morgan fingerprint density at radius 1 is 1.00 bits per heavy atom. The van der Waals surface area contributed by atoms with E-state index in [-0.39, 0.29) is 6.61 Å². The average Bonchev–Trinajstić information content (AvgIpc) is 3.08. The van der Waals surface area contributed by atoms with E-state index in [1.54, 1.807) is 38.5 Å². The molecular formula is C17H15ClN2O4. The molecule has 1 aromatic heterocycles. The Kier molecular flexibility index (Phi) is 4.86. The highest BCUT2D eigenvalue weighted by Crippen LogP contribution is 2.28. The lowest BCUT2D eigenvalue weighted by atomic mass is 10.2. The third-order valence-electron chi connectivity index (χ3n) is 3.27. The molecule has 3 rings (SSSR count). The number of hydrogen-bond acceptors (Lipinski definition) is 6. The van der Waals surface area contributed by atoms with Crippen LogP contribution in [0.2, 0.25) is 5.02 Å². The van der Waals surface area contributed by atoms with E-state index < -0.39 is 0 Å². The summed E-state index contributed by atoms with van der Waals surface area (Å²) in [7, 11) is 3.15. The molecule has 0 atom stereocenters. The monoisotopic (exact) mass is 346 g/mol. The summed E-state index contributed by atoms with van der Waals surface area (Å²) in [6.45, 7) is 0.119. The molecule has 0 radical (unpaired) electrons. The molecule has 0 aliphatic rings. The zero-order valence-electron chi connectivity index (χ0n) is 13.2. The van der Waals surface area contributed by atoms with E-state index in [0.717, 1.165) is 0 Å². The Balaban J connectivity index is 1.73. The second kappa shape index (κ2) is 7.23. The van der Waals surface area contributed by atoms with Crippen molar-refractivity contribution in [3.8, 4) is 28.6 Å².